The summed E-state index contributed by atoms with van der Waals surface area (Å²) in [7, 11) is -7.81. The Bertz CT molecular complexity index is 1700. The van der Waals surface area contributed by atoms with Crippen molar-refractivity contribution >= 4 is 43.5 Å². The van der Waals surface area contributed by atoms with Crippen LogP contribution < -0.4 is 11.1 Å². The van der Waals surface area contributed by atoms with Gasteiger partial charge >= 0.3 is 6.15 Å². The van der Waals surface area contributed by atoms with E-state index in [0.717, 1.165) is 68.3 Å². The van der Waals surface area contributed by atoms with Crippen LogP contribution in [0.5, 0.6) is 0 Å². The summed E-state index contributed by atoms with van der Waals surface area (Å²) in [6, 6.07) is 18.4. The molecule has 1 aliphatic heterocycles. The average molecular weight is 689 g/mol. The third-order valence-electron chi connectivity index (χ3n) is 8.67. The van der Waals surface area contributed by atoms with Gasteiger partial charge in [0.15, 0.2) is 0 Å². The number of nitrogen functional groups attached to an aromatic ring is 1. The van der Waals surface area contributed by atoms with Crippen molar-refractivity contribution in [3.05, 3.63) is 88.4 Å². The Labute approximate surface area is 277 Å². The number of hydrogen-bond acceptors (Lipinski definition) is 8. The molecule has 248 valence electrons. The van der Waals surface area contributed by atoms with Gasteiger partial charge in [-0.25, -0.2) is 16.8 Å². The summed E-state index contributed by atoms with van der Waals surface area (Å²) in [6.07, 6.45) is 5.60. The highest BCUT2D eigenvalue weighted by Gasteiger charge is 2.34. The zero-order valence-electron chi connectivity index (χ0n) is 25.9. The molecule has 3 aromatic carbocycles. The SMILES string of the molecule is Cc1ccc(CN(CC2CCNCC2)S(=O)(=O)c2ccc(S(=O)(=O)N(Cc3ccc(Cl)cc3)C3CCCC3)cc2)cc1N.O=C=O. The van der Waals surface area contributed by atoms with Gasteiger partial charge in [-0.15, -0.1) is 0 Å². The smallest absolute Gasteiger partial charge is 0.373 e. The van der Waals surface area contributed by atoms with E-state index in [9.17, 15) is 16.8 Å². The summed E-state index contributed by atoms with van der Waals surface area (Å²) in [5.41, 5.74) is 9.37. The molecule has 13 heteroatoms. The van der Waals surface area contributed by atoms with Crippen molar-refractivity contribution in [2.75, 3.05) is 25.4 Å². The molecule has 2 aliphatic rings. The minimum atomic E-state index is -3.92. The van der Waals surface area contributed by atoms with Crippen LogP contribution in [0.4, 0.5) is 5.69 Å². The molecule has 3 aromatic rings. The average Bonchev–Trinajstić information content (AvgIpc) is 3.58. The zero-order chi connectivity index (χ0) is 33.3. The van der Waals surface area contributed by atoms with Crippen molar-refractivity contribution in [3.8, 4) is 0 Å². The molecule has 1 aliphatic carbocycles. The van der Waals surface area contributed by atoms with E-state index in [2.05, 4.69) is 5.32 Å². The first-order chi connectivity index (χ1) is 21.9. The Morgan fingerprint density at radius 3 is 1.91 bits per heavy atom. The Balaban J connectivity index is 0.00000154. The first-order valence-electron chi connectivity index (χ1n) is 15.4. The van der Waals surface area contributed by atoms with Crippen LogP contribution in [0.25, 0.3) is 0 Å². The fourth-order valence-electron chi connectivity index (χ4n) is 6.03. The summed E-state index contributed by atoms with van der Waals surface area (Å²) in [4.78, 5) is 16.4. The lowest BCUT2D eigenvalue weighted by atomic mass is 9.98. The number of nitrogens with zero attached hydrogens (tertiary/aromatic N) is 2. The van der Waals surface area contributed by atoms with Crippen LogP contribution in [-0.2, 0) is 42.7 Å². The van der Waals surface area contributed by atoms with Crippen molar-refractivity contribution in [3.63, 3.8) is 0 Å². The van der Waals surface area contributed by atoms with Crippen LogP contribution in [0.1, 0.15) is 55.2 Å². The second-order valence-electron chi connectivity index (χ2n) is 11.9. The Morgan fingerprint density at radius 1 is 0.804 bits per heavy atom. The topological polar surface area (TPSA) is 147 Å². The molecule has 5 rings (SSSR count). The van der Waals surface area contributed by atoms with Crippen LogP contribution in [0.15, 0.2) is 76.5 Å². The highest BCUT2D eigenvalue weighted by Crippen LogP contribution is 2.32. The molecule has 0 bridgehead atoms. The molecule has 1 saturated carbocycles. The third kappa shape index (κ3) is 9.04. The molecule has 0 unspecified atom stereocenters. The number of anilines is 1. The Morgan fingerprint density at radius 2 is 1.35 bits per heavy atom. The zero-order valence-corrected chi connectivity index (χ0v) is 28.3. The highest BCUT2D eigenvalue weighted by molar-refractivity contribution is 7.89. The van der Waals surface area contributed by atoms with Crippen molar-refractivity contribution < 1.29 is 26.4 Å². The molecule has 0 amide bonds. The fourth-order valence-corrected chi connectivity index (χ4v) is 9.34. The minimum absolute atomic E-state index is 0.0746. The van der Waals surface area contributed by atoms with Gasteiger partial charge in [0, 0.05) is 36.4 Å². The number of nitrogens with one attached hydrogen (secondary N) is 1. The van der Waals surface area contributed by atoms with Gasteiger partial charge in [-0.05, 0) is 111 Å². The van der Waals surface area contributed by atoms with Crippen LogP contribution in [0, 0.1) is 12.8 Å². The first-order valence-corrected chi connectivity index (χ1v) is 18.6. The Kier molecular flexibility index (Phi) is 12.6. The number of halogens is 1. The highest BCUT2D eigenvalue weighted by atomic mass is 35.5. The van der Waals surface area contributed by atoms with Gasteiger partial charge in [-0.1, -0.05) is 48.7 Å². The number of carbonyl (C=O) groups excluding carboxylic acids is 2. The molecule has 0 aromatic heterocycles. The van der Waals surface area contributed by atoms with Crippen molar-refractivity contribution in [2.45, 2.75) is 74.4 Å². The summed E-state index contributed by atoms with van der Waals surface area (Å²) < 4.78 is 59.1. The largest absolute Gasteiger partial charge is 0.399 e. The van der Waals surface area contributed by atoms with Crippen LogP contribution in [-0.4, -0.2) is 57.3 Å². The number of aryl methyl sites for hydroxylation is 1. The Hall–Kier alpha value is -3.09. The van der Waals surface area contributed by atoms with Gasteiger partial charge in [0.1, 0.15) is 0 Å². The molecule has 3 N–H and O–H groups in total. The predicted molar refractivity (Wildman–Crippen MR) is 177 cm³/mol. The van der Waals surface area contributed by atoms with Crippen LogP contribution >= 0.6 is 11.6 Å². The number of benzene rings is 3. The maximum absolute atomic E-state index is 14.0. The summed E-state index contributed by atoms with van der Waals surface area (Å²) in [5, 5.41) is 3.93. The standard InChI is InChI=1S/C32H41ClN4O4S2.CO2/c1-24-6-7-27(20-32(24)34)22-36(21-26-16-18-35-19-17-26)42(38,39)30-12-14-31(15-13-30)43(40,41)37(29-4-2-3-5-29)23-25-8-10-28(33)11-9-25;2-1-3/h6-15,20,26,29,35H,2-5,16-19,21-23,34H2,1H3;. The van der Waals surface area contributed by atoms with E-state index in [1.807, 2.05) is 37.3 Å². The molecule has 1 saturated heterocycles. The second kappa shape index (κ2) is 16.1. The van der Waals surface area contributed by atoms with Gasteiger partial charge < -0.3 is 11.1 Å². The fraction of sp³-hybridized carbons (Fsp3) is 0.424. The number of nitrogens with two attached hydrogens (primary N) is 1. The molecule has 10 nitrogen and oxygen atoms in total. The molecule has 0 spiro atoms. The van der Waals surface area contributed by atoms with Crippen LogP contribution in [0.3, 0.4) is 0 Å². The minimum Gasteiger partial charge on any atom is -0.399 e. The molecule has 0 atom stereocenters. The monoisotopic (exact) mass is 688 g/mol. The van der Waals surface area contributed by atoms with Crippen molar-refractivity contribution in [1.82, 2.24) is 13.9 Å². The lowest BCUT2D eigenvalue weighted by molar-refractivity contribution is -0.191. The molecule has 1 heterocycles. The van der Waals surface area contributed by atoms with Crippen molar-refractivity contribution in [1.29, 1.82) is 0 Å². The lowest BCUT2D eigenvalue weighted by Gasteiger charge is -2.30. The van der Waals surface area contributed by atoms with E-state index in [1.54, 1.807) is 16.4 Å². The maximum Gasteiger partial charge on any atom is 0.373 e. The maximum atomic E-state index is 14.0. The molecule has 0 radical (unpaired) electrons. The van der Waals surface area contributed by atoms with Gasteiger partial charge in [0.05, 0.1) is 9.79 Å². The molecule has 2 fully saturated rings. The number of rotatable bonds is 11. The van der Waals surface area contributed by atoms with Gasteiger partial charge in [-0.2, -0.15) is 18.2 Å². The van der Waals surface area contributed by atoms with Crippen LogP contribution in [0.2, 0.25) is 5.02 Å². The normalized spacial score (nSPS) is 16.3. The summed E-state index contributed by atoms with van der Waals surface area (Å²) >= 11 is 6.06. The van der Waals surface area contributed by atoms with Gasteiger partial charge in [0.25, 0.3) is 0 Å². The van der Waals surface area contributed by atoms with E-state index in [1.165, 1.54) is 28.6 Å². The quantitative estimate of drug-likeness (QED) is 0.269. The van der Waals surface area contributed by atoms with E-state index >= 15 is 0 Å². The van der Waals surface area contributed by atoms with E-state index in [-0.39, 0.29) is 41.0 Å². The van der Waals surface area contributed by atoms with Crippen molar-refractivity contribution in [2.24, 2.45) is 5.92 Å². The van der Waals surface area contributed by atoms with Gasteiger partial charge in [0.2, 0.25) is 20.0 Å². The third-order valence-corrected chi connectivity index (χ3v) is 12.7. The molecular weight excluding hydrogens is 648 g/mol. The summed E-state index contributed by atoms with van der Waals surface area (Å²) in [6.45, 7) is 4.43. The molecular formula is C33H41ClN4O6S2. The first kappa shape index (κ1) is 35.8. The number of piperidine rings is 1. The predicted octanol–water partition coefficient (Wildman–Crippen LogP) is 4.97. The molecule has 46 heavy (non-hydrogen) atoms. The second-order valence-corrected chi connectivity index (χ2v) is 16.1. The number of hydrogen-bond donors (Lipinski definition) is 2. The van der Waals surface area contributed by atoms with E-state index < -0.39 is 20.0 Å². The van der Waals surface area contributed by atoms with E-state index in [0.29, 0.717) is 17.3 Å². The summed E-state index contributed by atoms with van der Waals surface area (Å²) in [5.74, 6) is 0.228. The van der Waals surface area contributed by atoms with E-state index in [4.69, 9.17) is 26.9 Å². The lowest BCUT2D eigenvalue weighted by Crippen LogP contribution is -2.39. The van der Waals surface area contributed by atoms with Gasteiger partial charge in [-0.3, -0.25) is 0 Å². The number of sulfonamides is 2.